The zero-order chi connectivity index (χ0) is 16.8. The van der Waals surface area contributed by atoms with Crippen LogP contribution in [0.4, 0.5) is 5.69 Å². The fraction of sp³-hybridized carbons (Fsp3) is 0.0667. The minimum Gasteiger partial charge on any atom is -0.451 e. The largest absolute Gasteiger partial charge is 0.451 e. The van der Waals surface area contributed by atoms with Gasteiger partial charge in [-0.25, -0.2) is 9.78 Å². The summed E-state index contributed by atoms with van der Waals surface area (Å²) < 4.78 is 4.83. The number of esters is 1. The second kappa shape index (κ2) is 7.58. The van der Waals surface area contributed by atoms with Crippen LogP contribution in [0.15, 0.2) is 36.4 Å². The molecule has 0 spiro atoms. The van der Waals surface area contributed by atoms with Gasteiger partial charge < -0.3 is 10.1 Å². The molecule has 0 unspecified atom stereocenters. The molecule has 1 amide bonds. The van der Waals surface area contributed by atoms with Crippen molar-refractivity contribution in [1.82, 2.24) is 4.98 Å². The number of halogens is 2. The van der Waals surface area contributed by atoms with Crippen molar-refractivity contribution in [3.63, 3.8) is 0 Å². The first kappa shape index (κ1) is 16.7. The van der Waals surface area contributed by atoms with E-state index < -0.39 is 18.5 Å². The molecule has 1 aromatic carbocycles. The average molecular weight is 350 g/mol. The van der Waals surface area contributed by atoms with E-state index in [2.05, 4.69) is 10.3 Å². The second-order valence-electron chi connectivity index (χ2n) is 4.28. The van der Waals surface area contributed by atoms with E-state index in [1.54, 1.807) is 24.3 Å². The summed E-state index contributed by atoms with van der Waals surface area (Å²) in [6, 6.07) is 11.0. The van der Waals surface area contributed by atoms with Crippen molar-refractivity contribution in [3.05, 3.63) is 57.8 Å². The molecule has 8 heteroatoms. The van der Waals surface area contributed by atoms with Crippen LogP contribution in [0.3, 0.4) is 0 Å². The minimum absolute atomic E-state index is 0.0758. The van der Waals surface area contributed by atoms with E-state index in [1.165, 1.54) is 12.1 Å². The van der Waals surface area contributed by atoms with Gasteiger partial charge in [0.05, 0.1) is 16.7 Å². The number of hydrogen-bond donors (Lipinski definition) is 1. The Morgan fingerprint density at radius 3 is 2.52 bits per heavy atom. The molecule has 0 aliphatic heterocycles. The van der Waals surface area contributed by atoms with Crippen LogP contribution in [0.2, 0.25) is 10.2 Å². The monoisotopic (exact) mass is 349 g/mol. The number of amides is 1. The molecule has 1 N–H and O–H groups in total. The van der Waals surface area contributed by atoms with Crippen LogP contribution in [0, 0.1) is 11.3 Å². The van der Waals surface area contributed by atoms with Crippen LogP contribution in [0.1, 0.15) is 16.1 Å². The Labute approximate surface area is 141 Å². The van der Waals surface area contributed by atoms with E-state index in [-0.39, 0.29) is 15.9 Å². The standard InChI is InChI=1S/C15H9Cl2N3O3/c16-11-5-6-12(17)20-14(11)15(22)23-8-13(21)19-10-3-1-9(7-18)2-4-10/h1-6H,8H2,(H,19,21). The predicted octanol–water partition coefficient (Wildman–Crippen LogP) is 3.06. The lowest BCUT2D eigenvalue weighted by molar-refractivity contribution is -0.119. The van der Waals surface area contributed by atoms with E-state index in [1.807, 2.05) is 6.07 Å². The Morgan fingerprint density at radius 2 is 1.87 bits per heavy atom. The summed E-state index contributed by atoms with van der Waals surface area (Å²) in [5.74, 6) is -1.39. The van der Waals surface area contributed by atoms with Crippen LogP contribution < -0.4 is 5.32 Å². The van der Waals surface area contributed by atoms with E-state index in [0.717, 1.165) is 0 Å². The van der Waals surface area contributed by atoms with Crippen LogP contribution in [0.25, 0.3) is 0 Å². The first-order chi connectivity index (χ1) is 11.0. The summed E-state index contributed by atoms with van der Waals surface area (Å²) in [6.07, 6.45) is 0. The van der Waals surface area contributed by atoms with Crippen molar-refractivity contribution < 1.29 is 14.3 Å². The molecule has 116 valence electrons. The Balaban J connectivity index is 1.92. The number of benzene rings is 1. The third kappa shape index (κ3) is 4.68. The van der Waals surface area contributed by atoms with Gasteiger partial charge in [0.15, 0.2) is 12.3 Å². The maximum Gasteiger partial charge on any atom is 0.359 e. The number of aromatic nitrogens is 1. The second-order valence-corrected chi connectivity index (χ2v) is 5.07. The van der Waals surface area contributed by atoms with Crippen molar-refractivity contribution in [3.8, 4) is 6.07 Å². The number of nitrogens with one attached hydrogen (secondary N) is 1. The van der Waals surface area contributed by atoms with E-state index in [0.29, 0.717) is 11.3 Å². The van der Waals surface area contributed by atoms with E-state index in [9.17, 15) is 9.59 Å². The fourth-order valence-corrected chi connectivity index (χ4v) is 1.92. The van der Waals surface area contributed by atoms with Gasteiger partial charge in [-0.2, -0.15) is 5.26 Å². The molecule has 23 heavy (non-hydrogen) atoms. The zero-order valence-electron chi connectivity index (χ0n) is 11.5. The molecule has 1 aromatic heterocycles. The summed E-state index contributed by atoms with van der Waals surface area (Å²) in [4.78, 5) is 27.3. The average Bonchev–Trinajstić information content (AvgIpc) is 2.55. The Bertz CT molecular complexity index is 786. The molecule has 2 aromatic rings. The van der Waals surface area contributed by atoms with E-state index in [4.69, 9.17) is 33.2 Å². The van der Waals surface area contributed by atoms with Gasteiger partial charge >= 0.3 is 5.97 Å². The summed E-state index contributed by atoms with van der Waals surface area (Å²) >= 11 is 11.5. The number of rotatable bonds is 4. The molecule has 0 bridgehead atoms. The van der Waals surface area contributed by atoms with Gasteiger partial charge in [-0.15, -0.1) is 0 Å². The number of ether oxygens (including phenoxy) is 1. The lowest BCUT2D eigenvalue weighted by Gasteiger charge is -2.07. The SMILES string of the molecule is N#Cc1ccc(NC(=O)COC(=O)c2nc(Cl)ccc2Cl)cc1. The van der Waals surface area contributed by atoms with Gasteiger partial charge in [0.25, 0.3) is 5.91 Å². The highest BCUT2D eigenvalue weighted by molar-refractivity contribution is 6.34. The van der Waals surface area contributed by atoms with Crippen LogP contribution in [-0.4, -0.2) is 23.5 Å². The Morgan fingerprint density at radius 1 is 1.17 bits per heavy atom. The summed E-state index contributed by atoms with van der Waals surface area (Å²) in [6.45, 7) is -0.511. The Hall–Kier alpha value is -2.62. The number of nitriles is 1. The molecule has 2 rings (SSSR count). The van der Waals surface area contributed by atoms with Crippen molar-refractivity contribution in [2.45, 2.75) is 0 Å². The maximum atomic E-state index is 11.8. The third-order valence-corrected chi connectivity index (χ3v) is 3.15. The smallest absolute Gasteiger partial charge is 0.359 e. The maximum absolute atomic E-state index is 11.8. The molecule has 0 radical (unpaired) electrons. The van der Waals surface area contributed by atoms with Gasteiger partial charge in [0.2, 0.25) is 0 Å². The Kier molecular flexibility index (Phi) is 5.52. The number of anilines is 1. The van der Waals surface area contributed by atoms with E-state index >= 15 is 0 Å². The molecule has 0 saturated carbocycles. The molecule has 0 aliphatic carbocycles. The van der Waals surface area contributed by atoms with Crippen molar-refractivity contribution in [1.29, 1.82) is 5.26 Å². The number of carbonyl (C=O) groups excluding carboxylic acids is 2. The van der Waals surface area contributed by atoms with Crippen LogP contribution in [-0.2, 0) is 9.53 Å². The normalized spacial score (nSPS) is 9.78. The number of nitrogens with zero attached hydrogens (tertiary/aromatic N) is 2. The molecular formula is C15H9Cl2N3O3. The molecule has 1 heterocycles. The summed E-state index contributed by atoms with van der Waals surface area (Å²) in [5, 5.41) is 11.4. The van der Waals surface area contributed by atoms with Crippen molar-refractivity contribution >= 4 is 40.8 Å². The molecular weight excluding hydrogens is 341 g/mol. The summed E-state index contributed by atoms with van der Waals surface area (Å²) in [5.41, 5.74) is 0.783. The third-order valence-electron chi connectivity index (χ3n) is 2.64. The topological polar surface area (TPSA) is 92.1 Å². The lowest BCUT2D eigenvalue weighted by atomic mass is 10.2. The van der Waals surface area contributed by atoms with Gasteiger partial charge in [-0.05, 0) is 36.4 Å². The number of carbonyl (C=O) groups is 2. The first-order valence-electron chi connectivity index (χ1n) is 6.29. The molecule has 6 nitrogen and oxygen atoms in total. The van der Waals surface area contributed by atoms with Gasteiger partial charge in [0, 0.05) is 5.69 Å². The summed E-state index contributed by atoms with van der Waals surface area (Å²) in [7, 11) is 0. The zero-order valence-corrected chi connectivity index (χ0v) is 13.1. The highest BCUT2D eigenvalue weighted by atomic mass is 35.5. The van der Waals surface area contributed by atoms with Gasteiger partial charge in [0.1, 0.15) is 5.15 Å². The van der Waals surface area contributed by atoms with Crippen LogP contribution >= 0.6 is 23.2 Å². The van der Waals surface area contributed by atoms with Gasteiger partial charge in [-0.3, -0.25) is 4.79 Å². The lowest BCUT2D eigenvalue weighted by Crippen LogP contribution is -2.21. The molecule has 0 fully saturated rings. The first-order valence-corrected chi connectivity index (χ1v) is 7.04. The highest BCUT2D eigenvalue weighted by Crippen LogP contribution is 2.17. The van der Waals surface area contributed by atoms with Gasteiger partial charge in [-0.1, -0.05) is 23.2 Å². The number of pyridine rings is 1. The van der Waals surface area contributed by atoms with Crippen LogP contribution in [0.5, 0.6) is 0 Å². The number of hydrogen-bond acceptors (Lipinski definition) is 5. The highest BCUT2D eigenvalue weighted by Gasteiger charge is 2.16. The molecule has 0 aliphatic rings. The predicted molar refractivity (Wildman–Crippen MR) is 84.3 cm³/mol. The molecule has 0 atom stereocenters. The molecule has 0 saturated heterocycles. The van der Waals surface area contributed by atoms with Crippen molar-refractivity contribution in [2.75, 3.05) is 11.9 Å². The fourth-order valence-electron chi connectivity index (χ4n) is 1.59. The quantitative estimate of drug-likeness (QED) is 0.676. The minimum atomic E-state index is -0.854. The van der Waals surface area contributed by atoms with Crippen molar-refractivity contribution in [2.24, 2.45) is 0 Å².